The lowest BCUT2D eigenvalue weighted by Gasteiger charge is -2.15. The molecule has 0 heterocycles. The van der Waals surface area contributed by atoms with Gasteiger partial charge in [-0.05, 0) is 38.1 Å². The van der Waals surface area contributed by atoms with Gasteiger partial charge in [-0.25, -0.2) is 4.79 Å². The van der Waals surface area contributed by atoms with E-state index in [0.717, 1.165) is 0 Å². The van der Waals surface area contributed by atoms with Gasteiger partial charge in [0.2, 0.25) is 0 Å². The van der Waals surface area contributed by atoms with Gasteiger partial charge in [0.1, 0.15) is 0 Å². The molecule has 0 aliphatic carbocycles. The number of imide groups is 1. The van der Waals surface area contributed by atoms with Crippen molar-refractivity contribution < 1.29 is 19.1 Å². The molecule has 0 fully saturated rings. The van der Waals surface area contributed by atoms with Crippen molar-refractivity contribution in [2.45, 2.75) is 20.0 Å². The number of ether oxygens (including phenoxy) is 2. The Balaban J connectivity index is 2.05. The lowest BCUT2D eigenvalue weighted by Crippen LogP contribution is -2.34. The van der Waals surface area contributed by atoms with E-state index in [2.05, 4.69) is 10.6 Å². The van der Waals surface area contributed by atoms with E-state index < -0.39 is 11.9 Å². The first kappa shape index (κ1) is 18.6. The Morgan fingerprint density at radius 1 is 1.08 bits per heavy atom. The minimum atomic E-state index is -0.676. The molecule has 0 saturated carbocycles. The number of hydrogen-bond acceptors (Lipinski definition) is 4. The van der Waals surface area contributed by atoms with Crippen LogP contribution >= 0.6 is 11.6 Å². The number of carbonyl (C=O) groups excluding carboxylic acids is 2. The van der Waals surface area contributed by atoms with E-state index in [9.17, 15) is 9.59 Å². The molecule has 132 valence electrons. The van der Waals surface area contributed by atoms with Crippen LogP contribution < -0.4 is 20.1 Å². The molecule has 0 unspecified atom stereocenters. The molecule has 0 saturated heterocycles. The number of rotatable bonds is 5. The highest BCUT2D eigenvalue weighted by Gasteiger charge is 2.14. The second-order valence-corrected chi connectivity index (χ2v) is 5.83. The van der Waals surface area contributed by atoms with E-state index in [-0.39, 0.29) is 16.7 Å². The molecule has 6 nitrogen and oxygen atoms in total. The van der Waals surface area contributed by atoms with E-state index in [1.165, 1.54) is 13.2 Å². The Bertz CT molecular complexity index is 777. The second kappa shape index (κ2) is 8.39. The maximum Gasteiger partial charge on any atom is 0.326 e. The van der Waals surface area contributed by atoms with Crippen molar-refractivity contribution in [2.24, 2.45) is 0 Å². The molecule has 2 aromatic carbocycles. The van der Waals surface area contributed by atoms with Crippen LogP contribution in [0.2, 0.25) is 5.02 Å². The summed E-state index contributed by atoms with van der Waals surface area (Å²) in [6.07, 6.45) is -0.00995. The first-order valence-corrected chi connectivity index (χ1v) is 8.00. The van der Waals surface area contributed by atoms with Crippen LogP contribution in [-0.4, -0.2) is 25.2 Å². The van der Waals surface area contributed by atoms with Crippen molar-refractivity contribution in [2.75, 3.05) is 12.4 Å². The monoisotopic (exact) mass is 362 g/mol. The summed E-state index contributed by atoms with van der Waals surface area (Å²) in [4.78, 5) is 24.1. The number of carbonyl (C=O) groups is 2. The maximum absolute atomic E-state index is 12.1. The van der Waals surface area contributed by atoms with Crippen LogP contribution in [0.5, 0.6) is 11.5 Å². The van der Waals surface area contributed by atoms with E-state index in [0.29, 0.717) is 17.2 Å². The van der Waals surface area contributed by atoms with Gasteiger partial charge in [0.15, 0.2) is 11.5 Å². The molecule has 3 amide bonds. The predicted octanol–water partition coefficient (Wildman–Crippen LogP) is 4.10. The zero-order valence-corrected chi connectivity index (χ0v) is 14.9. The summed E-state index contributed by atoms with van der Waals surface area (Å²) >= 11 is 5.94. The summed E-state index contributed by atoms with van der Waals surface area (Å²) in [6, 6.07) is 10.7. The highest BCUT2D eigenvalue weighted by molar-refractivity contribution is 6.34. The van der Waals surface area contributed by atoms with Crippen molar-refractivity contribution in [3.63, 3.8) is 0 Å². The van der Waals surface area contributed by atoms with Crippen LogP contribution in [0.1, 0.15) is 24.2 Å². The van der Waals surface area contributed by atoms with Crippen LogP contribution in [-0.2, 0) is 0 Å². The Morgan fingerprint density at radius 2 is 1.80 bits per heavy atom. The van der Waals surface area contributed by atoms with Gasteiger partial charge >= 0.3 is 6.03 Å². The Hall–Kier alpha value is -2.73. The largest absolute Gasteiger partial charge is 0.493 e. The summed E-state index contributed by atoms with van der Waals surface area (Å²) < 4.78 is 10.9. The lowest BCUT2D eigenvalue weighted by atomic mass is 10.2. The molecule has 7 heteroatoms. The van der Waals surface area contributed by atoms with Crippen molar-refractivity contribution in [1.82, 2.24) is 5.32 Å². The molecular weight excluding hydrogens is 344 g/mol. The number of methoxy groups -OCH3 is 1. The maximum atomic E-state index is 12.1. The van der Waals surface area contributed by atoms with Crippen LogP contribution in [0, 0.1) is 0 Å². The molecule has 0 aliphatic rings. The number of halogens is 1. The molecule has 25 heavy (non-hydrogen) atoms. The highest BCUT2D eigenvalue weighted by atomic mass is 35.5. The van der Waals surface area contributed by atoms with E-state index in [1.807, 2.05) is 13.8 Å². The van der Waals surface area contributed by atoms with Crippen LogP contribution in [0.25, 0.3) is 0 Å². The third-order valence-corrected chi connectivity index (χ3v) is 3.46. The minimum absolute atomic E-state index is 0.00995. The zero-order chi connectivity index (χ0) is 18.4. The zero-order valence-electron chi connectivity index (χ0n) is 14.1. The van der Waals surface area contributed by atoms with Gasteiger partial charge in [-0.2, -0.15) is 0 Å². The third kappa shape index (κ3) is 5.12. The molecular formula is C18H19ClN2O4. The van der Waals surface area contributed by atoms with Gasteiger partial charge in [0.05, 0.1) is 23.8 Å². The number of benzene rings is 2. The quantitative estimate of drug-likeness (QED) is 0.839. The first-order valence-electron chi connectivity index (χ1n) is 7.62. The second-order valence-electron chi connectivity index (χ2n) is 5.42. The van der Waals surface area contributed by atoms with Crippen molar-refractivity contribution in [3.05, 3.63) is 53.1 Å². The highest BCUT2D eigenvalue weighted by Crippen LogP contribution is 2.30. The van der Waals surface area contributed by atoms with E-state index >= 15 is 0 Å². The van der Waals surface area contributed by atoms with Crippen LogP contribution in [0.3, 0.4) is 0 Å². The van der Waals surface area contributed by atoms with Gasteiger partial charge in [0, 0.05) is 11.8 Å². The molecule has 0 radical (unpaired) electrons. The molecule has 0 atom stereocenters. The molecule has 2 aromatic rings. The number of amides is 3. The minimum Gasteiger partial charge on any atom is -0.493 e. The number of nitrogens with one attached hydrogen (secondary N) is 2. The number of urea groups is 1. The molecule has 0 spiro atoms. The first-order chi connectivity index (χ1) is 11.9. The van der Waals surface area contributed by atoms with Crippen LogP contribution in [0.4, 0.5) is 10.5 Å². The fourth-order valence-electron chi connectivity index (χ4n) is 2.07. The van der Waals surface area contributed by atoms with E-state index in [4.69, 9.17) is 21.1 Å². The summed E-state index contributed by atoms with van der Waals surface area (Å²) in [5, 5.41) is 5.06. The van der Waals surface area contributed by atoms with Crippen LogP contribution in [0.15, 0.2) is 42.5 Å². The molecule has 2 rings (SSSR count). The smallest absolute Gasteiger partial charge is 0.326 e. The summed E-state index contributed by atoms with van der Waals surface area (Å²) in [5.41, 5.74) is 0.676. The molecule has 0 bridgehead atoms. The number of hydrogen-bond donors (Lipinski definition) is 2. The molecule has 0 aliphatic heterocycles. The summed E-state index contributed by atoms with van der Waals surface area (Å²) in [6.45, 7) is 3.80. The standard InChI is InChI=1S/C18H19ClN2O4/c1-11(2)25-15-9-8-12(10-16(15)24-3)20-18(23)21-17(22)13-6-4-5-7-14(13)19/h4-11H,1-3H3,(H2,20,21,22,23). The summed E-state index contributed by atoms with van der Waals surface area (Å²) in [7, 11) is 1.51. The third-order valence-electron chi connectivity index (χ3n) is 3.13. The Morgan fingerprint density at radius 3 is 2.44 bits per heavy atom. The van der Waals surface area contributed by atoms with Gasteiger partial charge in [-0.1, -0.05) is 23.7 Å². The summed E-state index contributed by atoms with van der Waals surface area (Å²) in [5.74, 6) is 0.453. The fraction of sp³-hybridized carbons (Fsp3) is 0.222. The average Bonchev–Trinajstić information content (AvgIpc) is 2.56. The van der Waals surface area contributed by atoms with Gasteiger partial charge < -0.3 is 14.8 Å². The van der Waals surface area contributed by atoms with E-state index in [1.54, 1.807) is 36.4 Å². The predicted molar refractivity (Wildman–Crippen MR) is 96.7 cm³/mol. The van der Waals surface area contributed by atoms with Crippen molar-refractivity contribution in [3.8, 4) is 11.5 Å². The number of anilines is 1. The van der Waals surface area contributed by atoms with Crippen molar-refractivity contribution in [1.29, 1.82) is 0 Å². The van der Waals surface area contributed by atoms with Gasteiger partial charge in [-0.15, -0.1) is 0 Å². The SMILES string of the molecule is COc1cc(NC(=O)NC(=O)c2ccccc2Cl)ccc1OC(C)C. The van der Waals surface area contributed by atoms with Gasteiger partial charge in [0.25, 0.3) is 5.91 Å². The average molecular weight is 363 g/mol. The Kier molecular flexibility index (Phi) is 6.25. The van der Waals surface area contributed by atoms with Gasteiger partial charge in [-0.3, -0.25) is 10.1 Å². The van der Waals surface area contributed by atoms with Crippen molar-refractivity contribution >= 4 is 29.2 Å². The molecule has 0 aromatic heterocycles. The Labute approximate surface area is 151 Å². The normalized spacial score (nSPS) is 10.3. The molecule has 2 N–H and O–H groups in total. The lowest BCUT2D eigenvalue weighted by molar-refractivity contribution is 0.0967. The fourth-order valence-corrected chi connectivity index (χ4v) is 2.30. The topological polar surface area (TPSA) is 76.7 Å².